The van der Waals surface area contributed by atoms with E-state index in [1.807, 2.05) is 0 Å². The molecule has 1 heterocycles. The molecule has 1 aliphatic rings. The molecule has 9 heteroatoms. The Kier molecular flexibility index (Phi) is 6.52. The maximum absolute atomic E-state index is 13.1. The number of benzene rings is 2. The maximum atomic E-state index is 13.1. The van der Waals surface area contributed by atoms with Crippen LogP contribution in [0.25, 0.3) is 0 Å². The number of rotatable bonds is 5. The lowest BCUT2D eigenvalue weighted by molar-refractivity contribution is -0.138. The predicted molar refractivity (Wildman–Crippen MR) is 106 cm³/mol. The summed E-state index contributed by atoms with van der Waals surface area (Å²) < 4.78 is 65.5. The van der Waals surface area contributed by atoms with E-state index in [2.05, 4.69) is 0 Å². The third kappa shape index (κ3) is 4.84. The number of piperidine rings is 1. The summed E-state index contributed by atoms with van der Waals surface area (Å²) in [5.74, 6) is -0.367. The van der Waals surface area contributed by atoms with Crippen LogP contribution < -0.4 is 0 Å². The molecule has 1 aliphatic heterocycles. The van der Waals surface area contributed by atoms with E-state index < -0.39 is 27.8 Å². The topological polar surface area (TPSA) is 57.7 Å². The molecule has 0 radical (unpaired) electrons. The molecule has 0 spiro atoms. The summed E-state index contributed by atoms with van der Waals surface area (Å²) in [6, 6.07) is 11.7. The number of alkyl halides is 3. The Labute approximate surface area is 174 Å². The molecule has 0 aromatic heterocycles. The smallest absolute Gasteiger partial charge is 0.340 e. The standard InChI is InChI=1S/C21H23F3N2O3S/c1-25(15-16-10-12-17(13-11-16)21(22,23)24)20(27)19-9-5-6-14-26(19)30(28,29)18-7-3-2-4-8-18/h2-4,7-8,10-13,19H,5-6,9,14-15H2,1H3. The van der Waals surface area contributed by atoms with Crippen LogP contribution in [0.2, 0.25) is 0 Å². The van der Waals surface area contributed by atoms with Crippen molar-refractivity contribution in [1.82, 2.24) is 9.21 Å². The zero-order valence-electron chi connectivity index (χ0n) is 16.5. The van der Waals surface area contributed by atoms with E-state index in [0.717, 1.165) is 18.6 Å². The van der Waals surface area contributed by atoms with E-state index in [4.69, 9.17) is 0 Å². The van der Waals surface area contributed by atoms with Crippen molar-refractivity contribution < 1.29 is 26.4 Å². The fourth-order valence-electron chi connectivity index (χ4n) is 3.57. The van der Waals surface area contributed by atoms with Crippen molar-refractivity contribution in [3.8, 4) is 0 Å². The zero-order chi connectivity index (χ0) is 21.9. The van der Waals surface area contributed by atoms with Gasteiger partial charge in [0.15, 0.2) is 0 Å². The molecule has 1 saturated heterocycles. The average molecular weight is 440 g/mol. The van der Waals surface area contributed by atoms with Gasteiger partial charge in [-0.05, 0) is 42.7 Å². The number of hydrogen-bond acceptors (Lipinski definition) is 3. The molecule has 1 unspecified atom stereocenters. The molecule has 1 fully saturated rings. The summed E-state index contributed by atoms with van der Waals surface area (Å²) in [7, 11) is -2.29. The van der Waals surface area contributed by atoms with Crippen LogP contribution in [0, 0.1) is 0 Å². The Morgan fingerprint density at radius 3 is 2.30 bits per heavy atom. The molecule has 1 amide bonds. The molecule has 5 nitrogen and oxygen atoms in total. The van der Waals surface area contributed by atoms with Crippen LogP contribution in [0.5, 0.6) is 0 Å². The van der Waals surface area contributed by atoms with Crippen molar-refractivity contribution in [1.29, 1.82) is 0 Å². The molecular formula is C21H23F3N2O3S. The first-order valence-corrected chi connectivity index (χ1v) is 11.0. The van der Waals surface area contributed by atoms with Gasteiger partial charge in [-0.2, -0.15) is 17.5 Å². The molecule has 30 heavy (non-hydrogen) atoms. The van der Waals surface area contributed by atoms with Gasteiger partial charge in [0.25, 0.3) is 0 Å². The molecule has 0 saturated carbocycles. The van der Waals surface area contributed by atoms with E-state index in [1.165, 1.54) is 40.5 Å². The Hall–Kier alpha value is -2.39. The Balaban J connectivity index is 1.76. The highest BCUT2D eigenvalue weighted by molar-refractivity contribution is 7.89. The third-order valence-electron chi connectivity index (χ3n) is 5.17. The molecule has 2 aromatic rings. The molecule has 1 atom stereocenters. The minimum atomic E-state index is -4.42. The van der Waals surface area contributed by atoms with Crippen molar-refractivity contribution in [2.45, 2.75) is 42.9 Å². The monoisotopic (exact) mass is 440 g/mol. The van der Waals surface area contributed by atoms with Gasteiger partial charge in [0.2, 0.25) is 15.9 Å². The second-order valence-corrected chi connectivity index (χ2v) is 9.22. The highest BCUT2D eigenvalue weighted by Crippen LogP contribution is 2.30. The van der Waals surface area contributed by atoms with Gasteiger partial charge in [0.1, 0.15) is 6.04 Å². The average Bonchev–Trinajstić information content (AvgIpc) is 2.73. The molecule has 0 N–H and O–H groups in total. The largest absolute Gasteiger partial charge is 0.416 e. The van der Waals surface area contributed by atoms with Gasteiger partial charge in [0, 0.05) is 20.1 Å². The number of halogens is 3. The molecule has 3 rings (SSSR count). The number of carbonyl (C=O) groups is 1. The number of carbonyl (C=O) groups excluding carboxylic acids is 1. The van der Waals surface area contributed by atoms with Crippen LogP contribution in [0.4, 0.5) is 13.2 Å². The summed E-state index contributed by atoms with van der Waals surface area (Å²) in [6.45, 7) is 0.342. The van der Waals surface area contributed by atoms with Crippen molar-refractivity contribution >= 4 is 15.9 Å². The van der Waals surface area contributed by atoms with Gasteiger partial charge in [-0.1, -0.05) is 36.8 Å². The SMILES string of the molecule is CN(Cc1ccc(C(F)(F)F)cc1)C(=O)C1CCCCN1S(=O)(=O)c1ccccc1. The van der Waals surface area contributed by atoms with Gasteiger partial charge in [0.05, 0.1) is 10.5 Å². The van der Waals surface area contributed by atoms with Crippen molar-refractivity contribution in [3.05, 3.63) is 65.7 Å². The summed E-state index contributed by atoms with van der Waals surface area (Å²) in [4.78, 5) is 14.6. The van der Waals surface area contributed by atoms with Gasteiger partial charge in [-0.15, -0.1) is 0 Å². The normalized spacial score (nSPS) is 18.2. The number of amides is 1. The molecule has 162 valence electrons. The minimum absolute atomic E-state index is 0.0900. The van der Waals surface area contributed by atoms with Gasteiger partial charge in [-0.25, -0.2) is 8.42 Å². The van der Waals surface area contributed by atoms with Crippen molar-refractivity contribution in [2.24, 2.45) is 0 Å². The fourth-order valence-corrected chi connectivity index (χ4v) is 5.24. The minimum Gasteiger partial charge on any atom is -0.340 e. The summed E-state index contributed by atoms with van der Waals surface area (Å²) in [6.07, 6.45) is -2.62. The number of nitrogens with zero attached hydrogens (tertiary/aromatic N) is 2. The lowest BCUT2D eigenvalue weighted by Gasteiger charge is -2.35. The first-order chi connectivity index (χ1) is 14.1. The number of hydrogen-bond donors (Lipinski definition) is 0. The maximum Gasteiger partial charge on any atom is 0.416 e. The Morgan fingerprint density at radius 2 is 1.70 bits per heavy atom. The fraction of sp³-hybridized carbons (Fsp3) is 0.381. The number of sulfonamides is 1. The van der Waals surface area contributed by atoms with Crippen LogP contribution in [-0.2, 0) is 27.5 Å². The summed E-state index contributed by atoms with van der Waals surface area (Å²) in [5.41, 5.74) is -0.222. The number of likely N-dealkylation sites (N-methyl/N-ethyl adjacent to an activating group) is 1. The molecule has 2 aromatic carbocycles. The predicted octanol–water partition coefficient (Wildman–Crippen LogP) is 3.91. The summed E-state index contributed by atoms with van der Waals surface area (Å²) >= 11 is 0. The lowest BCUT2D eigenvalue weighted by Crippen LogP contribution is -2.51. The van der Waals surface area contributed by atoms with Crippen molar-refractivity contribution in [3.63, 3.8) is 0 Å². The first kappa shape index (κ1) is 22.3. The second kappa shape index (κ2) is 8.77. The van der Waals surface area contributed by atoms with Crippen LogP contribution in [0.1, 0.15) is 30.4 Å². The molecule has 0 aliphatic carbocycles. The molecule has 0 bridgehead atoms. The van der Waals surface area contributed by atoms with E-state index in [9.17, 15) is 26.4 Å². The van der Waals surface area contributed by atoms with Crippen LogP contribution in [-0.4, -0.2) is 43.2 Å². The lowest BCUT2D eigenvalue weighted by atomic mass is 10.0. The highest BCUT2D eigenvalue weighted by Gasteiger charge is 2.38. The van der Waals surface area contributed by atoms with Crippen LogP contribution >= 0.6 is 0 Å². The first-order valence-electron chi connectivity index (χ1n) is 9.59. The molecular weight excluding hydrogens is 417 g/mol. The Morgan fingerprint density at radius 1 is 1.07 bits per heavy atom. The van der Waals surface area contributed by atoms with Gasteiger partial charge < -0.3 is 4.90 Å². The van der Waals surface area contributed by atoms with Crippen molar-refractivity contribution in [2.75, 3.05) is 13.6 Å². The third-order valence-corrected chi connectivity index (χ3v) is 7.09. The quantitative estimate of drug-likeness (QED) is 0.709. The van der Waals surface area contributed by atoms with Crippen LogP contribution in [0.3, 0.4) is 0 Å². The zero-order valence-corrected chi connectivity index (χ0v) is 17.3. The van der Waals surface area contributed by atoms with E-state index in [1.54, 1.807) is 18.2 Å². The van der Waals surface area contributed by atoms with Gasteiger partial charge >= 0.3 is 6.18 Å². The van der Waals surface area contributed by atoms with E-state index in [-0.39, 0.29) is 23.9 Å². The van der Waals surface area contributed by atoms with Gasteiger partial charge in [-0.3, -0.25) is 4.79 Å². The Bertz CT molecular complexity index is 977. The highest BCUT2D eigenvalue weighted by atomic mass is 32.2. The second-order valence-electron chi connectivity index (χ2n) is 7.33. The van der Waals surface area contributed by atoms with E-state index >= 15 is 0 Å². The summed E-state index contributed by atoms with van der Waals surface area (Å²) in [5, 5.41) is 0. The van der Waals surface area contributed by atoms with Crippen LogP contribution in [0.15, 0.2) is 59.5 Å². The van der Waals surface area contributed by atoms with E-state index in [0.29, 0.717) is 18.4 Å².